The molecule has 0 spiro atoms. The number of benzene rings is 1. The zero-order valence-corrected chi connectivity index (χ0v) is 11.1. The van der Waals surface area contributed by atoms with E-state index in [2.05, 4.69) is 17.2 Å². The van der Waals surface area contributed by atoms with Gasteiger partial charge in [-0.2, -0.15) is 0 Å². The van der Waals surface area contributed by atoms with Crippen LogP contribution in [0.3, 0.4) is 0 Å². The first-order valence-electron chi connectivity index (χ1n) is 6.16. The standard InChI is InChI=1S/C14H17ClN2O/c1-2-3-11(15)9-17-14-13-8-12(18)5-4-10(13)6-7-16-14/h4-8,11,18H,2-3,9H2,1H3,(H,16,17). The largest absolute Gasteiger partial charge is 0.508 e. The molecule has 2 rings (SSSR count). The molecule has 2 N–H and O–H groups in total. The Morgan fingerprint density at radius 1 is 1.39 bits per heavy atom. The number of pyridine rings is 1. The highest BCUT2D eigenvalue weighted by molar-refractivity contribution is 6.20. The molecular formula is C14H17ClN2O. The third-order valence-electron chi connectivity index (χ3n) is 2.84. The van der Waals surface area contributed by atoms with Crippen molar-refractivity contribution in [3.8, 4) is 5.75 Å². The predicted molar refractivity (Wildman–Crippen MR) is 76.4 cm³/mol. The molecule has 3 nitrogen and oxygen atoms in total. The molecule has 4 heteroatoms. The minimum Gasteiger partial charge on any atom is -0.508 e. The van der Waals surface area contributed by atoms with Gasteiger partial charge in [0.1, 0.15) is 11.6 Å². The van der Waals surface area contributed by atoms with Crippen molar-refractivity contribution in [3.63, 3.8) is 0 Å². The second kappa shape index (κ2) is 5.91. The Kier molecular flexibility index (Phi) is 4.26. The molecule has 0 bridgehead atoms. The molecule has 0 aliphatic carbocycles. The number of phenolic OH excluding ortho intramolecular Hbond substituents is 1. The minimum absolute atomic E-state index is 0.101. The Morgan fingerprint density at radius 3 is 3.00 bits per heavy atom. The maximum atomic E-state index is 9.53. The summed E-state index contributed by atoms with van der Waals surface area (Å²) in [5, 5.41) is 14.8. The summed E-state index contributed by atoms with van der Waals surface area (Å²) in [5.41, 5.74) is 0. The van der Waals surface area contributed by atoms with Gasteiger partial charge in [0, 0.05) is 18.1 Å². The molecule has 0 radical (unpaired) electrons. The number of aromatic hydroxyl groups is 1. The summed E-state index contributed by atoms with van der Waals surface area (Å²) >= 11 is 6.17. The molecule has 1 heterocycles. The van der Waals surface area contributed by atoms with Crippen LogP contribution in [-0.4, -0.2) is 22.0 Å². The molecule has 96 valence electrons. The van der Waals surface area contributed by atoms with Gasteiger partial charge in [0.2, 0.25) is 0 Å². The summed E-state index contributed by atoms with van der Waals surface area (Å²) in [6.07, 6.45) is 3.80. The highest BCUT2D eigenvalue weighted by atomic mass is 35.5. The first kappa shape index (κ1) is 13.0. The molecule has 18 heavy (non-hydrogen) atoms. The lowest BCUT2D eigenvalue weighted by Crippen LogP contribution is -2.14. The summed E-state index contributed by atoms with van der Waals surface area (Å²) in [6.45, 7) is 2.79. The number of alkyl halides is 1. The van der Waals surface area contributed by atoms with E-state index in [1.807, 2.05) is 12.1 Å². The van der Waals surface area contributed by atoms with E-state index in [1.54, 1.807) is 18.3 Å². The van der Waals surface area contributed by atoms with Crippen LogP contribution in [0.4, 0.5) is 5.82 Å². The number of hydrogen-bond acceptors (Lipinski definition) is 3. The van der Waals surface area contributed by atoms with Crippen molar-refractivity contribution in [2.45, 2.75) is 25.1 Å². The van der Waals surface area contributed by atoms with E-state index < -0.39 is 0 Å². The second-order valence-electron chi connectivity index (χ2n) is 4.33. The van der Waals surface area contributed by atoms with E-state index in [0.29, 0.717) is 6.54 Å². The van der Waals surface area contributed by atoms with Crippen LogP contribution in [0, 0.1) is 0 Å². The molecule has 1 unspecified atom stereocenters. The summed E-state index contributed by atoms with van der Waals surface area (Å²) in [4.78, 5) is 4.30. The number of aromatic nitrogens is 1. The first-order valence-corrected chi connectivity index (χ1v) is 6.60. The highest BCUT2D eigenvalue weighted by Gasteiger charge is 2.06. The molecule has 0 aliphatic rings. The highest BCUT2D eigenvalue weighted by Crippen LogP contribution is 2.25. The topological polar surface area (TPSA) is 45.2 Å². The Labute approximate surface area is 112 Å². The monoisotopic (exact) mass is 264 g/mol. The lowest BCUT2D eigenvalue weighted by atomic mass is 10.1. The number of fused-ring (bicyclic) bond motifs is 1. The quantitative estimate of drug-likeness (QED) is 0.809. The summed E-state index contributed by atoms with van der Waals surface area (Å²) in [5.74, 6) is 1.01. The maximum absolute atomic E-state index is 9.53. The number of phenols is 1. The van der Waals surface area contributed by atoms with E-state index >= 15 is 0 Å². The van der Waals surface area contributed by atoms with Gasteiger partial charge in [0.25, 0.3) is 0 Å². The fourth-order valence-electron chi connectivity index (χ4n) is 1.92. The van der Waals surface area contributed by atoms with Crippen LogP contribution in [0.25, 0.3) is 10.8 Å². The average molecular weight is 265 g/mol. The average Bonchev–Trinajstić information content (AvgIpc) is 2.36. The van der Waals surface area contributed by atoms with Crippen molar-refractivity contribution in [1.82, 2.24) is 4.98 Å². The summed E-state index contributed by atoms with van der Waals surface area (Å²) in [6, 6.07) is 7.19. The van der Waals surface area contributed by atoms with Crippen LogP contribution < -0.4 is 5.32 Å². The van der Waals surface area contributed by atoms with Gasteiger partial charge in [-0.15, -0.1) is 11.6 Å². The summed E-state index contributed by atoms with van der Waals surface area (Å²) < 4.78 is 0. The van der Waals surface area contributed by atoms with Gasteiger partial charge >= 0.3 is 0 Å². The number of hydrogen-bond donors (Lipinski definition) is 2. The van der Waals surface area contributed by atoms with E-state index in [1.165, 1.54) is 0 Å². The van der Waals surface area contributed by atoms with Gasteiger partial charge < -0.3 is 10.4 Å². The molecular weight excluding hydrogens is 248 g/mol. The van der Waals surface area contributed by atoms with Crippen LogP contribution in [0.5, 0.6) is 5.75 Å². The third kappa shape index (κ3) is 3.05. The summed E-state index contributed by atoms with van der Waals surface area (Å²) in [7, 11) is 0. The number of halogens is 1. The maximum Gasteiger partial charge on any atom is 0.133 e. The lowest BCUT2D eigenvalue weighted by Gasteiger charge is -2.12. The predicted octanol–water partition coefficient (Wildman–Crippen LogP) is 3.76. The zero-order chi connectivity index (χ0) is 13.0. The molecule has 1 aromatic carbocycles. The number of rotatable bonds is 5. The van der Waals surface area contributed by atoms with E-state index in [4.69, 9.17) is 11.6 Å². The van der Waals surface area contributed by atoms with Gasteiger partial charge in [0.05, 0.1) is 5.38 Å². The molecule has 0 fully saturated rings. The normalized spacial score (nSPS) is 12.6. The third-order valence-corrected chi connectivity index (χ3v) is 3.22. The fraction of sp³-hybridized carbons (Fsp3) is 0.357. The molecule has 1 atom stereocenters. The Balaban J connectivity index is 2.19. The molecule has 0 saturated carbocycles. The Morgan fingerprint density at radius 2 is 2.22 bits per heavy atom. The van der Waals surface area contributed by atoms with Crippen molar-refractivity contribution in [1.29, 1.82) is 0 Å². The van der Waals surface area contributed by atoms with Gasteiger partial charge in [-0.25, -0.2) is 4.98 Å². The second-order valence-corrected chi connectivity index (χ2v) is 4.95. The van der Waals surface area contributed by atoms with Crippen molar-refractivity contribution < 1.29 is 5.11 Å². The van der Waals surface area contributed by atoms with Gasteiger partial charge in [-0.1, -0.05) is 19.4 Å². The minimum atomic E-state index is 0.101. The van der Waals surface area contributed by atoms with Crippen molar-refractivity contribution in [2.24, 2.45) is 0 Å². The smallest absolute Gasteiger partial charge is 0.133 e. The Hall–Kier alpha value is -1.48. The Bertz CT molecular complexity index is 530. The number of anilines is 1. The van der Waals surface area contributed by atoms with Crippen LogP contribution >= 0.6 is 11.6 Å². The van der Waals surface area contributed by atoms with Crippen LogP contribution in [0.2, 0.25) is 0 Å². The van der Waals surface area contributed by atoms with Crippen molar-refractivity contribution >= 4 is 28.2 Å². The van der Waals surface area contributed by atoms with E-state index in [9.17, 15) is 5.11 Å². The van der Waals surface area contributed by atoms with Crippen molar-refractivity contribution in [2.75, 3.05) is 11.9 Å². The van der Waals surface area contributed by atoms with E-state index in [-0.39, 0.29) is 11.1 Å². The zero-order valence-electron chi connectivity index (χ0n) is 10.4. The van der Waals surface area contributed by atoms with E-state index in [0.717, 1.165) is 29.4 Å². The lowest BCUT2D eigenvalue weighted by molar-refractivity contribution is 0.476. The van der Waals surface area contributed by atoms with Crippen LogP contribution in [0.15, 0.2) is 30.5 Å². The molecule has 0 saturated heterocycles. The van der Waals surface area contributed by atoms with Gasteiger partial charge in [-0.05, 0) is 30.0 Å². The molecule has 0 aliphatic heterocycles. The SMILES string of the molecule is CCCC(Cl)CNc1nccc2ccc(O)cc12. The number of nitrogens with one attached hydrogen (secondary N) is 1. The first-order chi connectivity index (χ1) is 8.70. The number of nitrogens with zero attached hydrogens (tertiary/aromatic N) is 1. The molecule has 0 amide bonds. The fourth-order valence-corrected chi connectivity index (χ4v) is 2.22. The van der Waals surface area contributed by atoms with Crippen LogP contribution in [-0.2, 0) is 0 Å². The van der Waals surface area contributed by atoms with Crippen molar-refractivity contribution in [3.05, 3.63) is 30.5 Å². The van der Waals surface area contributed by atoms with Gasteiger partial charge in [-0.3, -0.25) is 0 Å². The molecule has 2 aromatic rings. The van der Waals surface area contributed by atoms with Crippen LogP contribution in [0.1, 0.15) is 19.8 Å². The van der Waals surface area contributed by atoms with Gasteiger partial charge in [0.15, 0.2) is 0 Å². The molecule has 1 aromatic heterocycles.